The Balaban J connectivity index is 1.37. The summed E-state index contributed by atoms with van der Waals surface area (Å²) in [6.45, 7) is 4.75. The summed E-state index contributed by atoms with van der Waals surface area (Å²) in [6.07, 6.45) is 8.13. The van der Waals surface area contributed by atoms with Crippen LogP contribution in [0.2, 0.25) is 0 Å². The third-order valence-electron chi connectivity index (χ3n) is 6.96. The third kappa shape index (κ3) is 5.16. The van der Waals surface area contributed by atoms with Gasteiger partial charge in [-0.1, -0.05) is 0 Å². The number of anilines is 2. The molecule has 4 heterocycles. The molecule has 2 fully saturated rings. The predicted octanol–water partition coefficient (Wildman–Crippen LogP) is 2.71. The van der Waals surface area contributed by atoms with Gasteiger partial charge in [0, 0.05) is 31.2 Å². The fourth-order valence-corrected chi connectivity index (χ4v) is 5.47. The minimum absolute atomic E-state index is 0.0489. The van der Waals surface area contributed by atoms with Gasteiger partial charge in [-0.15, -0.1) is 0 Å². The van der Waals surface area contributed by atoms with Crippen LogP contribution in [0.15, 0.2) is 43.0 Å². The summed E-state index contributed by atoms with van der Waals surface area (Å²) in [5.74, 6) is 0.421. The van der Waals surface area contributed by atoms with Crippen LogP contribution in [-0.4, -0.2) is 63.8 Å². The maximum Gasteiger partial charge on any atom is 0.240 e. The van der Waals surface area contributed by atoms with Gasteiger partial charge >= 0.3 is 0 Å². The van der Waals surface area contributed by atoms with E-state index in [0.29, 0.717) is 68.6 Å². The van der Waals surface area contributed by atoms with E-state index in [1.54, 1.807) is 37.5 Å². The normalized spacial score (nSPS) is 17.8. The van der Waals surface area contributed by atoms with Crippen molar-refractivity contribution < 1.29 is 22.7 Å². The number of hydrogen-bond acceptors (Lipinski definition) is 10. The molecule has 3 aromatic heterocycles. The van der Waals surface area contributed by atoms with Crippen LogP contribution >= 0.6 is 0 Å². The molecule has 0 bridgehead atoms. The lowest BCUT2D eigenvalue weighted by molar-refractivity contribution is -0.125. The van der Waals surface area contributed by atoms with Crippen LogP contribution in [0.3, 0.4) is 0 Å². The smallest absolute Gasteiger partial charge is 0.240 e. The van der Waals surface area contributed by atoms with E-state index in [-0.39, 0.29) is 11.9 Å². The Labute approximate surface area is 220 Å². The van der Waals surface area contributed by atoms with Crippen LogP contribution in [0.5, 0.6) is 5.88 Å². The average Bonchev–Trinajstić information content (AvgIpc) is 3.69. The van der Waals surface area contributed by atoms with Crippen LogP contribution in [0.1, 0.15) is 45.2 Å². The second-order valence-electron chi connectivity index (χ2n) is 9.58. The first-order chi connectivity index (χ1) is 18.2. The summed E-state index contributed by atoms with van der Waals surface area (Å²) in [6, 6.07) is 5.11. The minimum Gasteiger partial charge on any atom is -0.477 e. The van der Waals surface area contributed by atoms with Crippen molar-refractivity contribution >= 4 is 27.7 Å². The average molecular weight is 540 g/mol. The highest BCUT2D eigenvalue weighted by atomic mass is 32.2. The molecule has 1 saturated heterocycles. The molecule has 0 radical (unpaired) electrons. The molecular weight excluding hydrogens is 510 g/mol. The highest BCUT2D eigenvalue weighted by Gasteiger charge is 2.51. The van der Waals surface area contributed by atoms with E-state index in [1.165, 1.54) is 12.4 Å². The molecule has 0 spiro atoms. The van der Waals surface area contributed by atoms with Crippen molar-refractivity contribution in [2.45, 2.75) is 49.7 Å². The highest BCUT2D eigenvalue weighted by molar-refractivity contribution is 7.94. The van der Waals surface area contributed by atoms with Crippen LogP contribution in [0, 0.1) is 0 Å². The number of hydrogen-bond donors (Lipinski definition) is 2. The van der Waals surface area contributed by atoms with Crippen molar-refractivity contribution in [3.05, 3.63) is 48.7 Å². The Bertz CT molecular complexity index is 1420. The molecular formula is C25H29N7O5S. The fraction of sp³-hybridized carbons (Fsp3) is 0.440. The molecule has 0 atom stereocenters. The zero-order valence-electron chi connectivity index (χ0n) is 21.2. The Kier molecular flexibility index (Phi) is 6.97. The number of pyridine rings is 1. The maximum atomic E-state index is 13.7. The predicted molar refractivity (Wildman–Crippen MR) is 139 cm³/mol. The van der Waals surface area contributed by atoms with Gasteiger partial charge in [0.15, 0.2) is 0 Å². The van der Waals surface area contributed by atoms with Crippen molar-refractivity contribution in [1.29, 1.82) is 0 Å². The monoisotopic (exact) mass is 539 g/mol. The van der Waals surface area contributed by atoms with E-state index in [2.05, 4.69) is 35.0 Å². The summed E-state index contributed by atoms with van der Waals surface area (Å²) >= 11 is 0. The molecule has 13 heteroatoms. The van der Waals surface area contributed by atoms with Crippen LogP contribution in [0.25, 0.3) is 11.3 Å². The van der Waals surface area contributed by atoms with Gasteiger partial charge in [-0.2, -0.15) is 0 Å². The number of carbonyl (C=O) groups excluding carboxylic acids is 1. The summed E-state index contributed by atoms with van der Waals surface area (Å²) < 4.78 is 38.0. The second-order valence-corrected chi connectivity index (χ2v) is 11.8. The summed E-state index contributed by atoms with van der Waals surface area (Å²) in [5.41, 5.74) is 0.697. The first kappa shape index (κ1) is 25.9. The maximum absolute atomic E-state index is 13.7. The summed E-state index contributed by atoms with van der Waals surface area (Å²) in [4.78, 5) is 35.2. The number of carbonyl (C=O) groups is 1. The zero-order chi connectivity index (χ0) is 26.8. The van der Waals surface area contributed by atoms with Gasteiger partial charge in [0.2, 0.25) is 27.8 Å². The Hall–Kier alpha value is -3.71. The van der Waals surface area contributed by atoms with Gasteiger partial charge < -0.3 is 14.8 Å². The van der Waals surface area contributed by atoms with E-state index < -0.39 is 20.2 Å². The SMILES string of the molecule is CCOc1cncc(-c2ccc(NC(=O)C3(c4ccnc(NS(=O)(=O)C5(C)CC5)n4)CCOCC3)nc2)n1. The molecule has 1 amide bonds. The number of amides is 1. The molecule has 2 N–H and O–H groups in total. The molecule has 200 valence electrons. The molecule has 1 aliphatic carbocycles. The van der Waals surface area contributed by atoms with E-state index in [1.807, 2.05) is 6.92 Å². The molecule has 1 aliphatic heterocycles. The van der Waals surface area contributed by atoms with Crippen molar-refractivity contribution in [3.8, 4) is 17.1 Å². The number of nitrogens with one attached hydrogen (secondary N) is 2. The van der Waals surface area contributed by atoms with Crippen molar-refractivity contribution in [1.82, 2.24) is 24.9 Å². The van der Waals surface area contributed by atoms with E-state index in [0.717, 1.165) is 5.56 Å². The first-order valence-electron chi connectivity index (χ1n) is 12.4. The van der Waals surface area contributed by atoms with Crippen LogP contribution in [0.4, 0.5) is 11.8 Å². The molecule has 0 unspecified atom stereocenters. The van der Waals surface area contributed by atoms with Crippen LogP contribution < -0.4 is 14.8 Å². The van der Waals surface area contributed by atoms with Crippen molar-refractivity contribution in [2.75, 3.05) is 29.9 Å². The summed E-state index contributed by atoms with van der Waals surface area (Å²) in [5, 5.41) is 2.90. The quantitative estimate of drug-likeness (QED) is 0.414. The molecule has 2 aliphatic rings. The molecule has 38 heavy (non-hydrogen) atoms. The number of sulfonamides is 1. The standard InChI is InChI=1S/C25H29N7O5S/c1-3-37-21-16-26-15-18(29-21)17-4-5-20(28-14-17)31-22(33)25(9-12-36-13-10-25)19-6-11-27-23(30-19)32-38(34,35)24(2)7-8-24/h4-6,11,14-16H,3,7-10,12-13H2,1-2H3,(H,27,30,32)(H,28,31,33). The van der Waals surface area contributed by atoms with Gasteiger partial charge in [-0.25, -0.2) is 28.4 Å². The fourth-order valence-electron chi connectivity index (χ4n) is 4.24. The van der Waals surface area contributed by atoms with Gasteiger partial charge in [0.05, 0.1) is 40.6 Å². The van der Waals surface area contributed by atoms with Crippen LogP contribution in [-0.2, 0) is 25.0 Å². The summed E-state index contributed by atoms with van der Waals surface area (Å²) in [7, 11) is -3.64. The largest absolute Gasteiger partial charge is 0.477 e. The minimum atomic E-state index is -3.64. The Morgan fingerprint density at radius 2 is 1.84 bits per heavy atom. The topological polar surface area (TPSA) is 158 Å². The van der Waals surface area contributed by atoms with E-state index in [9.17, 15) is 13.2 Å². The van der Waals surface area contributed by atoms with Gasteiger partial charge in [0.25, 0.3) is 0 Å². The number of nitrogens with zero attached hydrogens (tertiary/aromatic N) is 5. The van der Waals surface area contributed by atoms with Gasteiger partial charge in [-0.3, -0.25) is 14.5 Å². The lowest BCUT2D eigenvalue weighted by Gasteiger charge is -2.35. The van der Waals surface area contributed by atoms with E-state index >= 15 is 0 Å². The van der Waals surface area contributed by atoms with Gasteiger partial charge in [0.1, 0.15) is 5.82 Å². The highest BCUT2D eigenvalue weighted by Crippen LogP contribution is 2.43. The number of ether oxygens (including phenoxy) is 2. The number of aromatic nitrogens is 5. The van der Waals surface area contributed by atoms with Crippen molar-refractivity contribution in [3.63, 3.8) is 0 Å². The molecule has 12 nitrogen and oxygen atoms in total. The van der Waals surface area contributed by atoms with Gasteiger partial charge in [-0.05, 0) is 57.7 Å². The molecule has 5 rings (SSSR count). The number of rotatable bonds is 9. The van der Waals surface area contributed by atoms with Crippen molar-refractivity contribution in [2.24, 2.45) is 0 Å². The molecule has 0 aromatic carbocycles. The zero-order valence-corrected chi connectivity index (χ0v) is 22.0. The molecule has 1 saturated carbocycles. The second kappa shape index (κ2) is 10.2. The lowest BCUT2D eigenvalue weighted by Crippen LogP contribution is -2.45. The third-order valence-corrected chi connectivity index (χ3v) is 9.12. The van der Waals surface area contributed by atoms with E-state index in [4.69, 9.17) is 9.47 Å². The Morgan fingerprint density at radius 1 is 1.05 bits per heavy atom. The lowest BCUT2D eigenvalue weighted by atomic mass is 9.76. The first-order valence-corrected chi connectivity index (χ1v) is 13.9. The molecule has 3 aromatic rings. The Morgan fingerprint density at radius 3 is 2.53 bits per heavy atom.